The van der Waals surface area contributed by atoms with Gasteiger partial charge in [0.15, 0.2) is 0 Å². The van der Waals surface area contributed by atoms with Crippen molar-refractivity contribution in [1.29, 1.82) is 0 Å². The Labute approximate surface area is 50.9 Å². The van der Waals surface area contributed by atoms with Crippen molar-refractivity contribution in [1.82, 2.24) is 0 Å². The molecule has 0 atom stereocenters. The van der Waals surface area contributed by atoms with E-state index in [4.69, 9.17) is 5.11 Å². The molecular formula is CH7ClMgO. The zero-order valence-electron chi connectivity index (χ0n) is 4.56. The van der Waals surface area contributed by atoms with Crippen LogP contribution in [0.2, 0.25) is 0 Å². The first kappa shape index (κ1) is 19.9. The fourth-order valence-electron chi connectivity index (χ4n) is 0. The van der Waals surface area contributed by atoms with E-state index in [9.17, 15) is 0 Å². The molecule has 0 amide bonds. The second-order valence-corrected chi connectivity index (χ2v) is 0. The monoisotopic (exact) mass is 94.0 g/mol. The van der Waals surface area contributed by atoms with Crippen LogP contribution in [-0.4, -0.2) is 35.3 Å². The van der Waals surface area contributed by atoms with E-state index in [0.29, 0.717) is 0 Å². The molecule has 0 aromatic rings. The summed E-state index contributed by atoms with van der Waals surface area (Å²) in [6, 6.07) is 0. The molecule has 1 nitrogen and oxygen atoms in total. The van der Waals surface area contributed by atoms with Gasteiger partial charge in [0.2, 0.25) is 0 Å². The third-order valence-corrected chi connectivity index (χ3v) is 0. The summed E-state index contributed by atoms with van der Waals surface area (Å²) in [6.07, 6.45) is 0. The molecule has 0 aromatic heterocycles. The number of rotatable bonds is 0. The molecule has 0 rings (SSSR count). The predicted octanol–water partition coefficient (Wildman–Crippen LogP) is -0.126. The Hall–Kier alpha value is 1.02. The first-order valence-electron chi connectivity index (χ1n) is 0.447. The smallest absolute Gasteiger partial charge is 1.00 e. The van der Waals surface area contributed by atoms with Gasteiger partial charge in [-0.05, 0) is 0 Å². The van der Waals surface area contributed by atoms with Gasteiger partial charge >= 0.3 is 23.1 Å². The van der Waals surface area contributed by atoms with Gasteiger partial charge in [-0.25, -0.2) is 0 Å². The quantitative estimate of drug-likeness (QED) is 0.415. The fraction of sp³-hybridized carbons (Fsp3) is 1.00. The molecule has 4 heavy (non-hydrogen) atoms. The van der Waals surface area contributed by atoms with Gasteiger partial charge in [0.1, 0.15) is 0 Å². The largest absolute Gasteiger partial charge is 2.00 e. The Bertz CT molecular complexity index is 13.5. The molecule has 3 heteroatoms. The summed E-state index contributed by atoms with van der Waals surface area (Å²) < 4.78 is 0. The summed E-state index contributed by atoms with van der Waals surface area (Å²) in [5, 5.41) is 7.00. The van der Waals surface area contributed by atoms with Crippen molar-refractivity contribution in [2.75, 3.05) is 7.11 Å². The Morgan fingerprint density at radius 1 is 1.50 bits per heavy atom. The normalized spacial score (nSPS) is 1.50. The van der Waals surface area contributed by atoms with Gasteiger partial charge in [0, 0.05) is 7.11 Å². The molecule has 0 heterocycles. The minimum absolute atomic E-state index is 0. The van der Waals surface area contributed by atoms with Gasteiger partial charge in [-0.1, -0.05) is 0 Å². The van der Waals surface area contributed by atoms with Crippen LogP contribution in [0, 0.1) is 0 Å². The molecule has 0 aromatic carbocycles. The van der Waals surface area contributed by atoms with Crippen LogP contribution in [0.1, 0.15) is 2.85 Å². The van der Waals surface area contributed by atoms with E-state index >= 15 is 0 Å². The Balaban J connectivity index is -0.000000000833. The van der Waals surface area contributed by atoms with Crippen molar-refractivity contribution < 1.29 is 7.96 Å². The molecule has 0 unspecified atom stereocenters. The first-order valence-corrected chi connectivity index (χ1v) is 0.447. The minimum atomic E-state index is 0. The Kier molecular flexibility index (Phi) is 176. The van der Waals surface area contributed by atoms with Crippen LogP contribution in [0.25, 0.3) is 0 Å². The molecule has 0 saturated carbocycles. The third kappa shape index (κ3) is 11.9. The second-order valence-electron chi connectivity index (χ2n) is 0. The maximum Gasteiger partial charge on any atom is 2.00 e. The summed E-state index contributed by atoms with van der Waals surface area (Å²) in [5.74, 6) is 0. The first-order chi connectivity index (χ1) is 1.00. The van der Waals surface area contributed by atoms with Gasteiger partial charge in [0.05, 0.1) is 0 Å². The van der Waals surface area contributed by atoms with Crippen LogP contribution in [-0.2, 0) is 0 Å². The van der Waals surface area contributed by atoms with Gasteiger partial charge in [0.25, 0.3) is 0 Å². The van der Waals surface area contributed by atoms with Crippen LogP contribution in [0.5, 0.6) is 0 Å². The average molecular weight is 94.8 g/mol. The topological polar surface area (TPSA) is 20.2 Å². The Morgan fingerprint density at radius 2 is 1.50 bits per heavy atom. The fourth-order valence-corrected chi connectivity index (χ4v) is 0. The van der Waals surface area contributed by atoms with Crippen LogP contribution in [0.15, 0.2) is 0 Å². The van der Waals surface area contributed by atoms with Gasteiger partial charge < -0.3 is 7.96 Å². The molecular weight excluding hydrogens is 87.8 g/mol. The number of hydrogen-bond donors (Lipinski definition) is 1. The van der Waals surface area contributed by atoms with Gasteiger partial charge in [-0.3, -0.25) is 0 Å². The molecule has 0 aliphatic rings. The van der Waals surface area contributed by atoms with Crippen molar-refractivity contribution in [3.8, 4) is 0 Å². The molecule has 26 valence electrons. The molecule has 0 spiro atoms. The molecule has 0 saturated heterocycles. The Morgan fingerprint density at radius 3 is 1.50 bits per heavy atom. The summed E-state index contributed by atoms with van der Waals surface area (Å²) in [4.78, 5) is 0. The third-order valence-electron chi connectivity index (χ3n) is 0. The van der Waals surface area contributed by atoms with Crippen LogP contribution in [0.3, 0.4) is 0 Å². The zero-order chi connectivity index (χ0) is 2.00. The maximum absolute atomic E-state index is 7.00. The van der Waals surface area contributed by atoms with E-state index < -0.39 is 0 Å². The van der Waals surface area contributed by atoms with E-state index in [1.165, 1.54) is 0 Å². The van der Waals surface area contributed by atoms with E-state index in [2.05, 4.69) is 0 Å². The standard InChI is InChI=1S/CH4O.ClH.Mg.2H/c1-2;;;;/h2H,1H3;1H;;;/q;;+2;2*-1. The molecule has 0 aliphatic carbocycles. The summed E-state index contributed by atoms with van der Waals surface area (Å²) in [6.45, 7) is 0. The number of hydrogen-bond acceptors (Lipinski definition) is 1. The summed E-state index contributed by atoms with van der Waals surface area (Å²) in [7, 11) is 1.00. The minimum Gasteiger partial charge on any atom is -1.00 e. The van der Waals surface area contributed by atoms with E-state index in [1.54, 1.807) is 0 Å². The van der Waals surface area contributed by atoms with Crippen molar-refractivity contribution in [3.05, 3.63) is 0 Å². The number of aliphatic hydroxyl groups excluding tert-OH is 1. The van der Waals surface area contributed by atoms with Crippen molar-refractivity contribution >= 4 is 35.5 Å². The van der Waals surface area contributed by atoms with Crippen molar-refractivity contribution in [2.45, 2.75) is 0 Å². The SMILES string of the molecule is CO.Cl.[H-].[H-].[Mg+2]. The molecule has 1 N–H and O–H groups in total. The average Bonchev–Trinajstić information content (AvgIpc) is 1.00. The van der Waals surface area contributed by atoms with E-state index in [0.717, 1.165) is 7.11 Å². The zero-order valence-corrected chi connectivity index (χ0v) is 4.79. The summed E-state index contributed by atoms with van der Waals surface area (Å²) >= 11 is 0. The van der Waals surface area contributed by atoms with Crippen LogP contribution in [0.4, 0.5) is 0 Å². The predicted molar refractivity (Wildman–Crippen MR) is 23.4 cm³/mol. The second kappa shape index (κ2) is 35.4. The van der Waals surface area contributed by atoms with Crippen LogP contribution >= 0.6 is 12.4 Å². The van der Waals surface area contributed by atoms with Gasteiger partial charge in [-0.15, -0.1) is 12.4 Å². The molecule has 0 fully saturated rings. The number of aliphatic hydroxyl groups is 1. The van der Waals surface area contributed by atoms with Gasteiger partial charge in [-0.2, -0.15) is 0 Å². The van der Waals surface area contributed by atoms with E-state index in [-0.39, 0.29) is 38.3 Å². The molecule has 0 radical (unpaired) electrons. The maximum atomic E-state index is 7.00. The molecule has 0 aliphatic heterocycles. The van der Waals surface area contributed by atoms with Crippen LogP contribution < -0.4 is 0 Å². The summed E-state index contributed by atoms with van der Waals surface area (Å²) in [5.41, 5.74) is 0. The van der Waals surface area contributed by atoms with E-state index in [1.807, 2.05) is 0 Å². The number of halogens is 1. The van der Waals surface area contributed by atoms with Crippen molar-refractivity contribution in [3.63, 3.8) is 0 Å². The molecule has 0 bridgehead atoms. The van der Waals surface area contributed by atoms with Crippen molar-refractivity contribution in [2.24, 2.45) is 0 Å².